The number of hydrogen-bond donors (Lipinski definition) is 2. The fourth-order valence-electron chi connectivity index (χ4n) is 1.76. The van der Waals surface area contributed by atoms with Gasteiger partial charge in [0.2, 0.25) is 0 Å². The summed E-state index contributed by atoms with van der Waals surface area (Å²) in [6, 6.07) is 12.8. The highest BCUT2D eigenvalue weighted by Gasteiger charge is 2.02. The van der Waals surface area contributed by atoms with Crippen LogP contribution in [-0.2, 0) is 6.42 Å². The van der Waals surface area contributed by atoms with Gasteiger partial charge in [0, 0.05) is 30.5 Å². The number of methoxy groups -OCH3 is 1. The number of aliphatic hydroxyl groups excluding tert-OH is 1. The third kappa shape index (κ3) is 3.63. The Morgan fingerprint density at radius 1 is 1.00 bits per heavy atom. The van der Waals surface area contributed by atoms with E-state index in [9.17, 15) is 0 Å². The lowest BCUT2D eigenvalue weighted by molar-refractivity contribution is 0.299. The lowest BCUT2D eigenvalue weighted by Gasteiger charge is -2.09. The zero-order valence-corrected chi connectivity index (χ0v) is 10.8. The van der Waals surface area contributed by atoms with Crippen LogP contribution in [0.3, 0.4) is 0 Å². The summed E-state index contributed by atoms with van der Waals surface area (Å²) < 4.78 is 10.8. The maximum absolute atomic E-state index is 8.85. The molecule has 0 radical (unpaired) electrons. The fraction of sp³-hybridized carbons (Fsp3) is 0.200. The van der Waals surface area contributed by atoms with Crippen molar-refractivity contribution < 1.29 is 14.6 Å². The highest BCUT2D eigenvalue weighted by Crippen LogP contribution is 2.28. The number of hydrogen-bond acceptors (Lipinski definition) is 4. The van der Waals surface area contributed by atoms with Gasteiger partial charge in [0.25, 0.3) is 0 Å². The Labute approximate surface area is 112 Å². The molecule has 0 aromatic heterocycles. The summed E-state index contributed by atoms with van der Waals surface area (Å²) in [5.41, 5.74) is 7.42. The molecule has 19 heavy (non-hydrogen) atoms. The summed E-state index contributed by atoms with van der Waals surface area (Å²) in [7, 11) is 1.59. The third-order valence-corrected chi connectivity index (χ3v) is 2.70. The Morgan fingerprint density at radius 2 is 1.68 bits per heavy atom. The minimum Gasteiger partial charge on any atom is -0.497 e. The molecule has 0 atom stereocenters. The lowest BCUT2D eigenvalue weighted by Crippen LogP contribution is -1.92. The highest BCUT2D eigenvalue weighted by molar-refractivity contribution is 5.51. The number of nitrogen functional groups attached to an aromatic ring is 1. The smallest absolute Gasteiger partial charge is 0.133 e. The monoisotopic (exact) mass is 259 g/mol. The topological polar surface area (TPSA) is 64.7 Å². The molecule has 0 aliphatic rings. The van der Waals surface area contributed by atoms with Gasteiger partial charge in [-0.05, 0) is 24.1 Å². The van der Waals surface area contributed by atoms with Crippen LogP contribution >= 0.6 is 0 Å². The summed E-state index contributed by atoms with van der Waals surface area (Å²) in [5.74, 6) is 2.01. The van der Waals surface area contributed by atoms with Gasteiger partial charge in [0.05, 0.1) is 7.11 Å². The molecule has 3 N–H and O–H groups in total. The van der Waals surface area contributed by atoms with Crippen LogP contribution in [0.4, 0.5) is 5.69 Å². The summed E-state index contributed by atoms with van der Waals surface area (Å²) in [4.78, 5) is 0. The molecule has 4 nitrogen and oxygen atoms in total. The first-order chi connectivity index (χ1) is 9.21. The van der Waals surface area contributed by atoms with E-state index < -0.39 is 0 Å². The van der Waals surface area contributed by atoms with Gasteiger partial charge in [0.15, 0.2) is 0 Å². The third-order valence-electron chi connectivity index (χ3n) is 2.70. The van der Waals surface area contributed by atoms with Crippen LogP contribution < -0.4 is 15.2 Å². The van der Waals surface area contributed by atoms with Crippen LogP contribution in [0, 0.1) is 0 Å². The normalized spacial score (nSPS) is 10.2. The van der Waals surface area contributed by atoms with E-state index >= 15 is 0 Å². The van der Waals surface area contributed by atoms with Crippen LogP contribution in [0.25, 0.3) is 0 Å². The molecule has 100 valence electrons. The number of ether oxygens (including phenoxy) is 2. The molecule has 0 saturated carbocycles. The van der Waals surface area contributed by atoms with E-state index in [1.807, 2.05) is 24.3 Å². The van der Waals surface area contributed by atoms with Crippen LogP contribution in [0.1, 0.15) is 5.56 Å². The van der Waals surface area contributed by atoms with Crippen LogP contribution in [0.2, 0.25) is 0 Å². The van der Waals surface area contributed by atoms with Crippen molar-refractivity contribution in [2.24, 2.45) is 0 Å². The van der Waals surface area contributed by atoms with Crippen molar-refractivity contribution in [2.45, 2.75) is 6.42 Å². The zero-order chi connectivity index (χ0) is 13.7. The van der Waals surface area contributed by atoms with Gasteiger partial charge in [0.1, 0.15) is 17.2 Å². The summed E-state index contributed by atoms with van der Waals surface area (Å²) in [6.07, 6.45) is 0.645. The molecule has 0 aliphatic carbocycles. The summed E-state index contributed by atoms with van der Waals surface area (Å²) >= 11 is 0. The first-order valence-corrected chi connectivity index (χ1v) is 6.03. The number of nitrogens with two attached hydrogens (primary N) is 1. The first kappa shape index (κ1) is 13.2. The molecule has 0 heterocycles. The first-order valence-electron chi connectivity index (χ1n) is 6.03. The van der Waals surface area contributed by atoms with E-state index in [1.165, 1.54) is 0 Å². The molecule has 0 unspecified atom stereocenters. The highest BCUT2D eigenvalue weighted by atomic mass is 16.5. The van der Waals surface area contributed by atoms with Gasteiger partial charge < -0.3 is 20.3 Å². The SMILES string of the molecule is COc1cc(N)cc(Oc2ccc(CCO)cc2)c1. The Balaban J connectivity index is 2.14. The summed E-state index contributed by atoms with van der Waals surface area (Å²) in [6.45, 7) is 0.145. The van der Waals surface area contributed by atoms with Crippen molar-refractivity contribution in [3.05, 3.63) is 48.0 Å². The fourth-order valence-corrected chi connectivity index (χ4v) is 1.76. The molecule has 2 aromatic carbocycles. The van der Waals surface area contributed by atoms with Crippen molar-refractivity contribution in [2.75, 3.05) is 19.5 Å². The minimum absolute atomic E-state index is 0.145. The molecule has 0 bridgehead atoms. The second-order valence-electron chi connectivity index (χ2n) is 4.16. The van der Waals surface area contributed by atoms with E-state index in [2.05, 4.69) is 0 Å². The molecule has 0 spiro atoms. The molecule has 0 fully saturated rings. The molecule has 4 heteroatoms. The van der Waals surface area contributed by atoms with Gasteiger partial charge in [-0.25, -0.2) is 0 Å². The van der Waals surface area contributed by atoms with Gasteiger partial charge in [-0.2, -0.15) is 0 Å². The Hall–Kier alpha value is -2.20. The average molecular weight is 259 g/mol. The van der Waals surface area contributed by atoms with Crippen molar-refractivity contribution >= 4 is 5.69 Å². The van der Waals surface area contributed by atoms with Crippen molar-refractivity contribution in [3.8, 4) is 17.2 Å². The molecular formula is C15H17NO3. The van der Waals surface area contributed by atoms with Crippen molar-refractivity contribution in [3.63, 3.8) is 0 Å². The zero-order valence-electron chi connectivity index (χ0n) is 10.8. The standard InChI is InChI=1S/C15H17NO3/c1-18-14-8-12(16)9-15(10-14)19-13-4-2-11(3-5-13)6-7-17/h2-5,8-10,17H,6-7,16H2,1H3. The Bertz CT molecular complexity index is 538. The van der Waals surface area contributed by atoms with Gasteiger partial charge in [-0.3, -0.25) is 0 Å². The summed E-state index contributed by atoms with van der Waals surface area (Å²) in [5, 5.41) is 8.85. The quantitative estimate of drug-likeness (QED) is 0.810. The molecule has 2 rings (SSSR count). The predicted molar refractivity (Wildman–Crippen MR) is 74.7 cm³/mol. The Kier molecular flexibility index (Phi) is 4.26. The number of anilines is 1. The van der Waals surface area contributed by atoms with E-state index in [-0.39, 0.29) is 6.61 Å². The van der Waals surface area contributed by atoms with E-state index in [0.29, 0.717) is 29.4 Å². The van der Waals surface area contributed by atoms with E-state index in [1.54, 1.807) is 25.3 Å². The second-order valence-corrected chi connectivity index (χ2v) is 4.16. The molecular weight excluding hydrogens is 242 g/mol. The maximum atomic E-state index is 8.85. The molecule has 2 aromatic rings. The Morgan fingerprint density at radius 3 is 2.32 bits per heavy atom. The van der Waals surface area contributed by atoms with Crippen LogP contribution in [-0.4, -0.2) is 18.8 Å². The molecule has 0 saturated heterocycles. The van der Waals surface area contributed by atoms with Gasteiger partial charge in [-0.1, -0.05) is 12.1 Å². The lowest BCUT2D eigenvalue weighted by atomic mass is 10.1. The van der Waals surface area contributed by atoms with Crippen molar-refractivity contribution in [1.29, 1.82) is 0 Å². The van der Waals surface area contributed by atoms with E-state index in [0.717, 1.165) is 5.56 Å². The van der Waals surface area contributed by atoms with E-state index in [4.69, 9.17) is 20.3 Å². The van der Waals surface area contributed by atoms with Crippen LogP contribution in [0.5, 0.6) is 17.2 Å². The predicted octanol–water partition coefficient (Wildman–Crippen LogP) is 2.60. The largest absolute Gasteiger partial charge is 0.497 e. The van der Waals surface area contributed by atoms with Gasteiger partial charge in [-0.15, -0.1) is 0 Å². The van der Waals surface area contributed by atoms with Crippen LogP contribution in [0.15, 0.2) is 42.5 Å². The molecule has 0 aliphatic heterocycles. The second kappa shape index (κ2) is 6.11. The molecule has 0 amide bonds. The van der Waals surface area contributed by atoms with Gasteiger partial charge >= 0.3 is 0 Å². The number of benzene rings is 2. The minimum atomic E-state index is 0.145. The maximum Gasteiger partial charge on any atom is 0.133 e. The number of aliphatic hydroxyl groups is 1. The van der Waals surface area contributed by atoms with Crippen molar-refractivity contribution in [1.82, 2.24) is 0 Å². The average Bonchev–Trinajstić information content (AvgIpc) is 2.40. The number of rotatable bonds is 5.